The molecule has 7 nitrogen and oxygen atoms in total. The number of aromatic nitrogens is 3. The van der Waals surface area contributed by atoms with Crippen molar-refractivity contribution in [1.29, 1.82) is 0 Å². The molecular formula is C19H24N4O3. The van der Waals surface area contributed by atoms with Gasteiger partial charge < -0.3 is 14.8 Å². The average Bonchev–Trinajstić information content (AvgIpc) is 3.18. The van der Waals surface area contributed by atoms with Crippen LogP contribution in [0.5, 0.6) is 5.88 Å². The van der Waals surface area contributed by atoms with Crippen LogP contribution in [0.3, 0.4) is 0 Å². The fourth-order valence-electron chi connectivity index (χ4n) is 3.69. The number of nitrogens with one attached hydrogen (secondary N) is 1. The van der Waals surface area contributed by atoms with Crippen LogP contribution in [0.4, 0.5) is 5.82 Å². The van der Waals surface area contributed by atoms with E-state index in [0.717, 1.165) is 30.6 Å². The molecule has 0 amide bonds. The zero-order chi connectivity index (χ0) is 18.3. The van der Waals surface area contributed by atoms with Crippen molar-refractivity contribution in [2.24, 2.45) is 0 Å². The lowest BCUT2D eigenvalue weighted by atomic mass is 10.1. The molecular weight excluding hydrogens is 332 g/mol. The summed E-state index contributed by atoms with van der Waals surface area (Å²) >= 11 is 0. The molecule has 2 aromatic rings. The van der Waals surface area contributed by atoms with Crippen LogP contribution in [0.1, 0.15) is 56.4 Å². The highest BCUT2D eigenvalue weighted by molar-refractivity contribution is 5.98. The Kier molecular flexibility index (Phi) is 4.30. The monoisotopic (exact) mass is 356 g/mol. The fourth-order valence-corrected chi connectivity index (χ4v) is 3.69. The van der Waals surface area contributed by atoms with Gasteiger partial charge in [0.2, 0.25) is 5.88 Å². The van der Waals surface area contributed by atoms with Gasteiger partial charge in [0.05, 0.1) is 12.6 Å². The van der Waals surface area contributed by atoms with E-state index < -0.39 is 5.97 Å². The SMILES string of the molecule is CCOC(=O)c1c(-c2ccc(NC(C)C)nc2)nn2c1OC1CCC2C1. The molecule has 2 unspecified atom stereocenters. The van der Waals surface area contributed by atoms with Crippen molar-refractivity contribution in [1.82, 2.24) is 14.8 Å². The molecule has 1 aliphatic heterocycles. The molecule has 2 atom stereocenters. The number of ether oxygens (including phenoxy) is 2. The predicted octanol–water partition coefficient (Wildman–Crippen LogP) is 3.43. The van der Waals surface area contributed by atoms with Gasteiger partial charge in [0.1, 0.15) is 23.2 Å². The minimum atomic E-state index is -0.394. The number of carbonyl (C=O) groups is 1. The van der Waals surface area contributed by atoms with Crippen molar-refractivity contribution in [3.63, 3.8) is 0 Å². The lowest BCUT2D eigenvalue weighted by Gasteiger charge is -2.22. The summed E-state index contributed by atoms with van der Waals surface area (Å²) < 4.78 is 13.2. The standard InChI is InChI=1S/C19H24N4O3/c1-4-25-19(24)16-17(12-5-8-15(20-10-12)21-11(2)3)22-23-13-6-7-14(9-13)26-18(16)23/h5,8,10-11,13-14H,4,6-7,9H2,1-3H3,(H,20,21). The largest absolute Gasteiger partial charge is 0.474 e. The summed E-state index contributed by atoms with van der Waals surface area (Å²) in [6.07, 6.45) is 4.88. The van der Waals surface area contributed by atoms with Crippen molar-refractivity contribution < 1.29 is 14.3 Å². The van der Waals surface area contributed by atoms with E-state index >= 15 is 0 Å². The molecule has 0 saturated heterocycles. The molecule has 0 spiro atoms. The van der Waals surface area contributed by atoms with Crippen molar-refractivity contribution in [2.45, 2.75) is 58.2 Å². The molecule has 2 aliphatic rings. The van der Waals surface area contributed by atoms with Crippen LogP contribution >= 0.6 is 0 Å². The van der Waals surface area contributed by atoms with E-state index in [2.05, 4.69) is 24.1 Å². The third-order valence-electron chi connectivity index (χ3n) is 4.80. The Bertz CT molecular complexity index is 813. The topological polar surface area (TPSA) is 78.3 Å². The third-order valence-corrected chi connectivity index (χ3v) is 4.80. The highest BCUT2D eigenvalue weighted by Gasteiger charge is 2.40. The quantitative estimate of drug-likeness (QED) is 0.827. The number of pyridine rings is 1. The van der Waals surface area contributed by atoms with Gasteiger partial charge in [-0.3, -0.25) is 0 Å². The third kappa shape index (κ3) is 2.91. The molecule has 7 heteroatoms. The number of nitrogens with zero attached hydrogens (tertiary/aromatic N) is 3. The molecule has 0 radical (unpaired) electrons. The summed E-state index contributed by atoms with van der Waals surface area (Å²) in [6.45, 7) is 6.23. The molecule has 4 rings (SSSR count). The van der Waals surface area contributed by atoms with Crippen LogP contribution in [0, 0.1) is 0 Å². The Labute approximate surface area is 152 Å². The number of fused-ring (bicyclic) bond motifs is 4. The zero-order valence-electron chi connectivity index (χ0n) is 15.4. The summed E-state index contributed by atoms with van der Waals surface area (Å²) in [5.74, 6) is 0.941. The van der Waals surface area contributed by atoms with Gasteiger partial charge in [0.25, 0.3) is 0 Å². The molecule has 3 heterocycles. The summed E-state index contributed by atoms with van der Waals surface area (Å²) in [4.78, 5) is 17.1. The van der Waals surface area contributed by atoms with E-state index in [0.29, 0.717) is 35.8 Å². The van der Waals surface area contributed by atoms with Gasteiger partial charge in [-0.15, -0.1) is 0 Å². The highest BCUT2D eigenvalue weighted by atomic mass is 16.5. The molecule has 1 aliphatic carbocycles. The number of hydrogen-bond acceptors (Lipinski definition) is 6. The second kappa shape index (κ2) is 6.63. The van der Waals surface area contributed by atoms with Crippen LogP contribution in [0.2, 0.25) is 0 Å². The van der Waals surface area contributed by atoms with Gasteiger partial charge in [-0.1, -0.05) is 0 Å². The highest BCUT2D eigenvalue weighted by Crippen LogP contribution is 2.44. The maximum Gasteiger partial charge on any atom is 0.345 e. The Morgan fingerprint density at radius 1 is 1.42 bits per heavy atom. The molecule has 1 saturated carbocycles. The number of esters is 1. The first-order valence-electron chi connectivity index (χ1n) is 9.26. The molecule has 2 aromatic heterocycles. The van der Waals surface area contributed by atoms with Crippen LogP contribution in [0.25, 0.3) is 11.3 Å². The number of carbonyl (C=O) groups excluding carboxylic acids is 1. The number of rotatable bonds is 5. The van der Waals surface area contributed by atoms with E-state index in [1.54, 1.807) is 13.1 Å². The first-order chi connectivity index (χ1) is 12.6. The Morgan fingerprint density at radius 2 is 2.27 bits per heavy atom. The first kappa shape index (κ1) is 16.9. The van der Waals surface area contributed by atoms with E-state index in [1.165, 1.54) is 0 Å². The van der Waals surface area contributed by atoms with Crippen LogP contribution in [0.15, 0.2) is 18.3 Å². The lowest BCUT2D eigenvalue weighted by molar-refractivity contribution is 0.0515. The second-order valence-electron chi connectivity index (χ2n) is 7.13. The summed E-state index contributed by atoms with van der Waals surface area (Å²) in [5, 5.41) is 7.98. The summed E-state index contributed by atoms with van der Waals surface area (Å²) in [5.41, 5.74) is 1.77. The molecule has 0 aromatic carbocycles. The van der Waals surface area contributed by atoms with E-state index in [-0.39, 0.29) is 6.10 Å². The molecule has 2 bridgehead atoms. The van der Waals surface area contributed by atoms with E-state index in [9.17, 15) is 4.79 Å². The molecule has 1 N–H and O–H groups in total. The van der Waals surface area contributed by atoms with Crippen molar-refractivity contribution in [3.8, 4) is 17.1 Å². The lowest BCUT2D eigenvalue weighted by Crippen LogP contribution is -2.23. The van der Waals surface area contributed by atoms with Crippen LogP contribution in [-0.2, 0) is 4.74 Å². The summed E-state index contributed by atoms with van der Waals surface area (Å²) in [7, 11) is 0. The van der Waals surface area contributed by atoms with Gasteiger partial charge >= 0.3 is 5.97 Å². The Balaban J connectivity index is 1.76. The maximum atomic E-state index is 12.6. The van der Waals surface area contributed by atoms with Crippen molar-refractivity contribution in [3.05, 3.63) is 23.9 Å². The normalized spacial score (nSPS) is 20.6. The van der Waals surface area contributed by atoms with Gasteiger partial charge in [-0.2, -0.15) is 5.10 Å². The van der Waals surface area contributed by atoms with Gasteiger partial charge in [-0.05, 0) is 45.7 Å². The smallest absolute Gasteiger partial charge is 0.345 e. The molecule has 1 fully saturated rings. The van der Waals surface area contributed by atoms with Crippen LogP contribution in [-0.4, -0.2) is 39.5 Å². The van der Waals surface area contributed by atoms with E-state index in [4.69, 9.17) is 14.6 Å². The number of hydrogen-bond donors (Lipinski definition) is 1. The minimum absolute atomic E-state index is 0.168. The predicted molar refractivity (Wildman–Crippen MR) is 97.5 cm³/mol. The van der Waals surface area contributed by atoms with Gasteiger partial charge in [-0.25, -0.2) is 14.5 Å². The van der Waals surface area contributed by atoms with Gasteiger partial charge in [0.15, 0.2) is 0 Å². The Morgan fingerprint density at radius 3 is 2.96 bits per heavy atom. The second-order valence-corrected chi connectivity index (χ2v) is 7.13. The van der Waals surface area contributed by atoms with Crippen molar-refractivity contribution >= 4 is 11.8 Å². The van der Waals surface area contributed by atoms with Crippen LogP contribution < -0.4 is 10.1 Å². The molecule has 138 valence electrons. The average molecular weight is 356 g/mol. The Hall–Kier alpha value is -2.57. The summed E-state index contributed by atoms with van der Waals surface area (Å²) in [6, 6.07) is 4.41. The van der Waals surface area contributed by atoms with Gasteiger partial charge in [0, 0.05) is 24.2 Å². The zero-order valence-corrected chi connectivity index (χ0v) is 15.4. The van der Waals surface area contributed by atoms with E-state index in [1.807, 2.05) is 16.8 Å². The maximum absolute atomic E-state index is 12.6. The first-order valence-corrected chi connectivity index (χ1v) is 9.26. The minimum Gasteiger partial charge on any atom is -0.474 e. The fraction of sp³-hybridized carbons (Fsp3) is 0.526. The molecule has 26 heavy (non-hydrogen) atoms. The van der Waals surface area contributed by atoms with Crippen molar-refractivity contribution in [2.75, 3.05) is 11.9 Å². The number of anilines is 1.